The molecule has 0 amide bonds. The van der Waals surface area contributed by atoms with Crippen LogP contribution in [0.1, 0.15) is 11.1 Å². The molecule has 1 aliphatic rings. The van der Waals surface area contributed by atoms with Gasteiger partial charge in [0, 0.05) is 0 Å². The zero-order valence-corrected chi connectivity index (χ0v) is 11.5. The van der Waals surface area contributed by atoms with Gasteiger partial charge in [0.25, 0.3) is 0 Å². The summed E-state index contributed by atoms with van der Waals surface area (Å²) in [6.07, 6.45) is -4.12. The van der Waals surface area contributed by atoms with E-state index in [9.17, 15) is 15.3 Å². The summed E-state index contributed by atoms with van der Waals surface area (Å²) in [5.41, 5.74) is 1.85. The van der Waals surface area contributed by atoms with Crippen LogP contribution in [0.25, 0.3) is 6.08 Å². The Morgan fingerprint density at radius 3 is 2.52 bits per heavy atom. The fraction of sp³-hybridized carbons (Fsp3) is 0.467. The highest BCUT2D eigenvalue weighted by atomic mass is 16.7. The first-order chi connectivity index (χ1) is 10.1. The third-order valence-electron chi connectivity index (χ3n) is 3.47. The lowest BCUT2D eigenvalue weighted by Crippen LogP contribution is -2.42. The molecule has 1 unspecified atom stereocenters. The van der Waals surface area contributed by atoms with Gasteiger partial charge in [-0.1, -0.05) is 36.9 Å². The number of rotatable bonds is 6. The van der Waals surface area contributed by atoms with Gasteiger partial charge in [0.1, 0.15) is 24.4 Å². The van der Waals surface area contributed by atoms with E-state index in [2.05, 4.69) is 6.58 Å². The van der Waals surface area contributed by atoms with Crippen LogP contribution >= 0.6 is 0 Å². The van der Waals surface area contributed by atoms with E-state index in [1.807, 2.05) is 24.3 Å². The maximum atomic E-state index is 9.83. The van der Waals surface area contributed by atoms with Crippen molar-refractivity contribution in [1.82, 2.24) is 0 Å². The van der Waals surface area contributed by atoms with Gasteiger partial charge in [0.05, 0.1) is 13.2 Å². The van der Waals surface area contributed by atoms with Gasteiger partial charge in [-0.15, -0.1) is 0 Å². The van der Waals surface area contributed by atoms with Crippen molar-refractivity contribution >= 4 is 6.08 Å². The van der Waals surface area contributed by atoms with Crippen molar-refractivity contribution in [3.8, 4) is 0 Å². The second-order valence-electron chi connectivity index (χ2n) is 4.95. The van der Waals surface area contributed by atoms with Crippen LogP contribution in [0.2, 0.25) is 0 Å². The average Bonchev–Trinajstić information content (AvgIpc) is 2.80. The van der Waals surface area contributed by atoms with Crippen LogP contribution in [0.3, 0.4) is 0 Å². The van der Waals surface area contributed by atoms with Crippen LogP contribution < -0.4 is 0 Å². The zero-order valence-electron chi connectivity index (χ0n) is 11.5. The summed E-state index contributed by atoms with van der Waals surface area (Å²) in [6, 6.07) is 7.46. The summed E-state index contributed by atoms with van der Waals surface area (Å²) >= 11 is 0. The van der Waals surface area contributed by atoms with E-state index in [4.69, 9.17) is 14.6 Å². The fourth-order valence-electron chi connectivity index (χ4n) is 2.22. The summed E-state index contributed by atoms with van der Waals surface area (Å²) in [5, 5.41) is 37.9. The lowest BCUT2D eigenvalue weighted by molar-refractivity contribution is -0.151. The highest BCUT2D eigenvalue weighted by molar-refractivity contribution is 5.47. The van der Waals surface area contributed by atoms with Crippen molar-refractivity contribution in [2.75, 3.05) is 6.61 Å². The van der Waals surface area contributed by atoms with E-state index in [0.717, 1.165) is 11.1 Å². The molecule has 1 saturated heterocycles. The Kier molecular flexibility index (Phi) is 5.46. The molecule has 0 spiro atoms. The molecule has 2 rings (SSSR count). The Balaban J connectivity index is 2.00. The van der Waals surface area contributed by atoms with Crippen LogP contribution in [0.4, 0.5) is 0 Å². The Labute approximate surface area is 122 Å². The SMILES string of the molecule is C=Cc1ccc(CO[C@H]2[C@@H]([C@H](O)CO)OC(O)[C@@H]2O)cc1. The summed E-state index contributed by atoms with van der Waals surface area (Å²) in [6.45, 7) is 3.31. The Hall–Kier alpha value is -1.28. The normalized spacial score (nSPS) is 30.3. The summed E-state index contributed by atoms with van der Waals surface area (Å²) in [4.78, 5) is 0. The van der Waals surface area contributed by atoms with Crippen LogP contribution in [0, 0.1) is 0 Å². The third-order valence-corrected chi connectivity index (χ3v) is 3.47. The molecule has 1 aliphatic heterocycles. The molecule has 116 valence electrons. The van der Waals surface area contributed by atoms with Crippen molar-refractivity contribution < 1.29 is 29.9 Å². The maximum absolute atomic E-state index is 9.83. The smallest absolute Gasteiger partial charge is 0.184 e. The minimum absolute atomic E-state index is 0.184. The lowest BCUT2D eigenvalue weighted by Gasteiger charge is -2.23. The van der Waals surface area contributed by atoms with Crippen molar-refractivity contribution in [3.63, 3.8) is 0 Å². The quantitative estimate of drug-likeness (QED) is 0.572. The molecule has 1 fully saturated rings. The Morgan fingerprint density at radius 2 is 1.95 bits per heavy atom. The van der Waals surface area contributed by atoms with Crippen LogP contribution in [0.5, 0.6) is 0 Å². The van der Waals surface area contributed by atoms with E-state index < -0.39 is 37.3 Å². The Morgan fingerprint density at radius 1 is 1.29 bits per heavy atom. The summed E-state index contributed by atoms with van der Waals surface area (Å²) < 4.78 is 10.6. The van der Waals surface area contributed by atoms with Gasteiger partial charge >= 0.3 is 0 Å². The minimum Gasteiger partial charge on any atom is -0.394 e. The number of ether oxygens (including phenoxy) is 2. The molecule has 0 aromatic heterocycles. The number of benzene rings is 1. The highest BCUT2D eigenvalue weighted by Gasteiger charge is 2.46. The van der Waals surface area contributed by atoms with Crippen molar-refractivity contribution in [1.29, 1.82) is 0 Å². The molecule has 4 N–H and O–H groups in total. The molecule has 1 heterocycles. The molecular weight excluding hydrogens is 276 g/mol. The average molecular weight is 296 g/mol. The molecule has 21 heavy (non-hydrogen) atoms. The molecule has 0 bridgehead atoms. The summed E-state index contributed by atoms with van der Waals surface area (Å²) in [5.74, 6) is 0. The Bertz CT molecular complexity index is 460. The standard InChI is InChI=1S/C15H20O6/c1-2-9-3-5-10(6-4-9)8-20-14-12(18)15(19)21-13(14)11(17)7-16/h2-6,11-19H,1,7-8H2/t11-,12-,13-,14-,15?/m1/s1. The van der Waals surface area contributed by atoms with Crippen LogP contribution in [-0.4, -0.2) is 57.7 Å². The van der Waals surface area contributed by atoms with Crippen molar-refractivity contribution in [2.24, 2.45) is 0 Å². The van der Waals surface area contributed by atoms with Gasteiger partial charge in [-0.3, -0.25) is 0 Å². The van der Waals surface area contributed by atoms with Gasteiger partial charge in [0.15, 0.2) is 6.29 Å². The zero-order chi connectivity index (χ0) is 15.4. The number of hydrogen-bond acceptors (Lipinski definition) is 6. The van der Waals surface area contributed by atoms with Gasteiger partial charge in [-0.2, -0.15) is 0 Å². The second-order valence-corrected chi connectivity index (χ2v) is 4.95. The maximum Gasteiger partial charge on any atom is 0.184 e. The van der Waals surface area contributed by atoms with Crippen LogP contribution in [-0.2, 0) is 16.1 Å². The fourth-order valence-corrected chi connectivity index (χ4v) is 2.22. The predicted octanol–water partition coefficient (Wildman–Crippen LogP) is -0.354. The number of aliphatic hydroxyl groups is 4. The van der Waals surface area contributed by atoms with Gasteiger partial charge in [-0.25, -0.2) is 0 Å². The first kappa shape index (κ1) is 16.1. The third kappa shape index (κ3) is 3.68. The topological polar surface area (TPSA) is 99.4 Å². The highest BCUT2D eigenvalue weighted by Crippen LogP contribution is 2.26. The monoisotopic (exact) mass is 296 g/mol. The molecule has 0 radical (unpaired) electrons. The van der Waals surface area contributed by atoms with E-state index in [1.54, 1.807) is 6.08 Å². The second kappa shape index (κ2) is 7.13. The minimum atomic E-state index is -1.44. The van der Waals surface area contributed by atoms with Crippen LogP contribution in [0.15, 0.2) is 30.8 Å². The number of aliphatic hydroxyl groups excluding tert-OH is 4. The van der Waals surface area contributed by atoms with E-state index >= 15 is 0 Å². The molecule has 6 nitrogen and oxygen atoms in total. The van der Waals surface area contributed by atoms with E-state index in [1.165, 1.54) is 0 Å². The molecular formula is C15H20O6. The van der Waals surface area contributed by atoms with Gasteiger partial charge < -0.3 is 29.9 Å². The molecule has 0 saturated carbocycles. The largest absolute Gasteiger partial charge is 0.394 e. The van der Waals surface area contributed by atoms with Gasteiger partial charge in [-0.05, 0) is 11.1 Å². The van der Waals surface area contributed by atoms with E-state index in [0.29, 0.717) is 0 Å². The molecule has 0 aliphatic carbocycles. The predicted molar refractivity (Wildman–Crippen MR) is 75.1 cm³/mol. The van der Waals surface area contributed by atoms with Crippen molar-refractivity contribution in [2.45, 2.75) is 37.3 Å². The van der Waals surface area contributed by atoms with Gasteiger partial charge in [0.2, 0.25) is 0 Å². The van der Waals surface area contributed by atoms with Crippen molar-refractivity contribution in [3.05, 3.63) is 42.0 Å². The number of hydrogen-bond donors (Lipinski definition) is 4. The first-order valence-corrected chi connectivity index (χ1v) is 6.70. The lowest BCUT2D eigenvalue weighted by atomic mass is 10.1. The molecule has 6 heteroatoms. The molecule has 5 atom stereocenters. The first-order valence-electron chi connectivity index (χ1n) is 6.70. The van der Waals surface area contributed by atoms with E-state index in [-0.39, 0.29) is 6.61 Å². The summed E-state index contributed by atoms with van der Waals surface area (Å²) in [7, 11) is 0. The molecule has 1 aromatic rings. The molecule has 1 aromatic carbocycles.